The van der Waals surface area contributed by atoms with Gasteiger partial charge in [0.1, 0.15) is 0 Å². The molecule has 0 unspecified atom stereocenters. The second-order valence-electron chi connectivity index (χ2n) is 6.91. The lowest BCUT2D eigenvalue weighted by Gasteiger charge is -2.30. The van der Waals surface area contributed by atoms with Gasteiger partial charge < -0.3 is 10.1 Å². The summed E-state index contributed by atoms with van der Waals surface area (Å²) in [5.74, 6) is 0.345. The molecule has 142 valence electrons. The zero-order chi connectivity index (χ0) is 19.9. The lowest BCUT2D eigenvalue weighted by Crippen LogP contribution is -2.29. The minimum atomic E-state index is -0.408. The summed E-state index contributed by atoms with van der Waals surface area (Å²) in [6, 6.07) is 13.0. The summed E-state index contributed by atoms with van der Waals surface area (Å²) in [7, 11) is 1.37. The van der Waals surface area contributed by atoms with Gasteiger partial charge in [0.2, 0.25) is 0 Å². The van der Waals surface area contributed by atoms with Crippen LogP contribution in [-0.4, -0.2) is 23.9 Å². The Bertz CT molecular complexity index is 1090. The van der Waals surface area contributed by atoms with E-state index < -0.39 is 5.54 Å². The van der Waals surface area contributed by atoms with Gasteiger partial charge in [0, 0.05) is 16.5 Å². The van der Waals surface area contributed by atoms with E-state index in [1.165, 1.54) is 18.4 Å². The van der Waals surface area contributed by atoms with Crippen molar-refractivity contribution in [3.05, 3.63) is 69.0 Å². The largest absolute Gasteiger partial charge is 0.465 e. The van der Waals surface area contributed by atoms with Crippen LogP contribution in [0.15, 0.2) is 52.8 Å². The van der Waals surface area contributed by atoms with Gasteiger partial charge in [-0.05, 0) is 32.0 Å². The number of carbonyl (C=O) groups is 1. The van der Waals surface area contributed by atoms with Crippen LogP contribution in [0.2, 0.25) is 5.02 Å². The third kappa shape index (κ3) is 3.30. The normalized spacial score (nSPS) is 14.6. The number of amidine groups is 1. The maximum absolute atomic E-state index is 11.6. The van der Waals surface area contributed by atoms with Gasteiger partial charge in [-0.25, -0.2) is 9.78 Å². The Labute approximate surface area is 172 Å². The number of ether oxygens (including phenoxy) is 1. The molecule has 0 fully saturated rings. The van der Waals surface area contributed by atoms with Crippen molar-refractivity contribution in [1.82, 2.24) is 4.98 Å². The molecule has 2 heterocycles. The van der Waals surface area contributed by atoms with Gasteiger partial charge in [-0.15, -0.1) is 11.3 Å². The summed E-state index contributed by atoms with van der Waals surface area (Å²) in [4.78, 5) is 21.2. The minimum absolute atomic E-state index is 0.357. The Morgan fingerprint density at radius 3 is 2.64 bits per heavy atom. The molecule has 0 aliphatic carbocycles. The van der Waals surface area contributed by atoms with Crippen molar-refractivity contribution >= 4 is 40.4 Å². The number of fused-ring (bicyclic) bond motifs is 1. The van der Waals surface area contributed by atoms with Gasteiger partial charge in [-0.1, -0.05) is 35.9 Å². The number of aliphatic imine (C=N–C) groups is 1. The minimum Gasteiger partial charge on any atom is -0.465 e. The van der Waals surface area contributed by atoms with Crippen LogP contribution in [0.4, 0.5) is 5.69 Å². The zero-order valence-electron chi connectivity index (χ0n) is 15.6. The maximum Gasteiger partial charge on any atom is 0.337 e. The second-order valence-corrected chi connectivity index (χ2v) is 8.18. The SMILES string of the molecule is COC(=O)c1ccc(-c2csc(C3=NC(C)(C)c4cccc(Cl)c4N3)n2)cc1. The smallest absolute Gasteiger partial charge is 0.337 e. The topological polar surface area (TPSA) is 63.6 Å². The van der Waals surface area contributed by atoms with E-state index in [2.05, 4.69) is 19.2 Å². The van der Waals surface area contributed by atoms with Crippen molar-refractivity contribution in [2.45, 2.75) is 19.4 Å². The van der Waals surface area contributed by atoms with Crippen LogP contribution in [-0.2, 0) is 10.3 Å². The van der Waals surface area contributed by atoms with E-state index in [1.54, 1.807) is 12.1 Å². The predicted octanol–water partition coefficient (Wildman–Crippen LogP) is 5.36. The number of anilines is 1. The highest BCUT2D eigenvalue weighted by Crippen LogP contribution is 2.40. The predicted molar refractivity (Wildman–Crippen MR) is 114 cm³/mol. The third-order valence-electron chi connectivity index (χ3n) is 4.62. The Morgan fingerprint density at radius 2 is 1.93 bits per heavy atom. The molecule has 1 aliphatic heterocycles. The summed E-state index contributed by atoms with van der Waals surface area (Å²) in [6.45, 7) is 4.12. The number of benzene rings is 2. The Morgan fingerprint density at radius 1 is 1.18 bits per heavy atom. The van der Waals surface area contributed by atoms with Crippen LogP contribution in [0.5, 0.6) is 0 Å². The lowest BCUT2D eigenvalue weighted by atomic mass is 9.91. The number of hydrogen-bond donors (Lipinski definition) is 1. The van der Waals surface area contributed by atoms with Gasteiger partial charge in [-0.3, -0.25) is 4.99 Å². The monoisotopic (exact) mass is 411 g/mol. The second kappa shape index (κ2) is 7.04. The number of nitrogens with one attached hydrogen (secondary N) is 1. The number of rotatable bonds is 3. The first-order valence-electron chi connectivity index (χ1n) is 8.69. The van der Waals surface area contributed by atoms with Crippen molar-refractivity contribution in [3.8, 4) is 11.3 Å². The van der Waals surface area contributed by atoms with E-state index in [-0.39, 0.29) is 5.97 Å². The van der Waals surface area contributed by atoms with Gasteiger partial charge in [-0.2, -0.15) is 0 Å². The average Bonchev–Trinajstić information content (AvgIpc) is 3.18. The molecule has 1 aliphatic rings. The number of nitrogens with zero attached hydrogens (tertiary/aromatic N) is 2. The standard InChI is InChI=1S/C21H18ClN3O2S/c1-21(2)14-5-4-6-15(22)17(14)24-18(25-21)19-23-16(11-28-19)12-7-9-13(10-8-12)20(26)27-3/h4-11H,1-3H3,(H,24,25). The Balaban J connectivity index is 1.66. The van der Waals surface area contributed by atoms with Gasteiger partial charge in [0.05, 0.1) is 34.6 Å². The molecule has 28 heavy (non-hydrogen) atoms. The van der Waals surface area contributed by atoms with Crippen LogP contribution in [0, 0.1) is 0 Å². The van der Waals surface area contributed by atoms with Crippen molar-refractivity contribution in [1.29, 1.82) is 0 Å². The third-order valence-corrected chi connectivity index (χ3v) is 5.78. The molecule has 0 amide bonds. The van der Waals surface area contributed by atoms with Crippen LogP contribution < -0.4 is 5.32 Å². The van der Waals surface area contributed by atoms with Gasteiger partial charge >= 0.3 is 5.97 Å². The molecule has 0 radical (unpaired) electrons. The maximum atomic E-state index is 11.6. The molecule has 0 atom stereocenters. The first-order chi connectivity index (χ1) is 13.4. The molecule has 7 heteroatoms. The average molecular weight is 412 g/mol. The quantitative estimate of drug-likeness (QED) is 0.589. The van der Waals surface area contributed by atoms with Crippen molar-refractivity contribution in [3.63, 3.8) is 0 Å². The van der Waals surface area contributed by atoms with Crippen molar-refractivity contribution in [2.75, 3.05) is 12.4 Å². The number of carbonyl (C=O) groups excluding carboxylic acids is 1. The molecule has 4 rings (SSSR count). The highest BCUT2D eigenvalue weighted by molar-refractivity contribution is 7.12. The molecule has 3 aromatic rings. The molecule has 2 aromatic carbocycles. The summed E-state index contributed by atoms with van der Waals surface area (Å²) < 4.78 is 4.74. The van der Waals surface area contributed by atoms with Crippen molar-refractivity contribution < 1.29 is 9.53 Å². The van der Waals surface area contributed by atoms with E-state index in [4.69, 9.17) is 26.3 Å². The number of thiazole rings is 1. The number of methoxy groups -OCH3 is 1. The fraction of sp³-hybridized carbons (Fsp3) is 0.190. The Kier molecular flexibility index (Phi) is 4.69. The summed E-state index contributed by atoms with van der Waals surface area (Å²) in [5, 5.41) is 6.76. The molecule has 0 spiro atoms. The van der Waals surface area contributed by atoms with E-state index in [9.17, 15) is 4.79 Å². The number of hydrogen-bond acceptors (Lipinski definition) is 6. The zero-order valence-corrected chi connectivity index (χ0v) is 17.2. The van der Waals surface area contributed by atoms with Gasteiger partial charge in [0.15, 0.2) is 10.8 Å². The molecule has 1 aromatic heterocycles. The van der Waals surface area contributed by atoms with Crippen LogP contribution >= 0.6 is 22.9 Å². The molecule has 0 bridgehead atoms. The van der Waals surface area contributed by atoms with Crippen LogP contribution in [0.1, 0.15) is 34.8 Å². The number of para-hydroxylation sites is 1. The van der Waals surface area contributed by atoms with E-state index in [0.29, 0.717) is 16.4 Å². The Hall–Kier alpha value is -2.70. The first-order valence-corrected chi connectivity index (χ1v) is 9.95. The molecular formula is C21H18ClN3O2S. The molecule has 1 N–H and O–H groups in total. The highest BCUT2D eigenvalue weighted by atomic mass is 35.5. The highest BCUT2D eigenvalue weighted by Gasteiger charge is 2.30. The summed E-state index contributed by atoms with van der Waals surface area (Å²) in [5.41, 5.74) is 3.77. The van der Waals surface area contributed by atoms with E-state index in [1.807, 2.05) is 35.7 Å². The fourth-order valence-corrected chi connectivity index (χ4v) is 4.15. The number of aromatic nitrogens is 1. The summed E-state index contributed by atoms with van der Waals surface area (Å²) >= 11 is 7.91. The molecule has 5 nitrogen and oxygen atoms in total. The van der Waals surface area contributed by atoms with Crippen molar-refractivity contribution in [2.24, 2.45) is 4.99 Å². The number of esters is 1. The molecule has 0 saturated carbocycles. The summed E-state index contributed by atoms with van der Waals surface area (Å²) in [6.07, 6.45) is 0. The van der Waals surface area contributed by atoms with E-state index >= 15 is 0 Å². The first kappa shape index (κ1) is 18.7. The van der Waals surface area contributed by atoms with Gasteiger partial charge in [0.25, 0.3) is 0 Å². The van der Waals surface area contributed by atoms with E-state index in [0.717, 1.165) is 27.5 Å². The lowest BCUT2D eigenvalue weighted by molar-refractivity contribution is 0.0601. The van der Waals surface area contributed by atoms with Crippen LogP contribution in [0.25, 0.3) is 11.3 Å². The number of halogens is 1. The molecule has 0 saturated heterocycles. The van der Waals surface area contributed by atoms with Crippen LogP contribution in [0.3, 0.4) is 0 Å². The fourth-order valence-electron chi connectivity index (χ4n) is 3.16. The molecular weight excluding hydrogens is 394 g/mol.